The van der Waals surface area contributed by atoms with E-state index in [-0.39, 0.29) is 0 Å². The Morgan fingerprint density at radius 3 is 2.83 bits per heavy atom. The van der Waals surface area contributed by atoms with Crippen LogP contribution in [0.2, 0.25) is 0 Å². The summed E-state index contributed by atoms with van der Waals surface area (Å²) in [7, 11) is 0. The first kappa shape index (κ1) is 14.3. The predicted octanol–water partition coefficient (Wildman–Crippen LogP) is 3.68. The van der Waals surface area contributed by atoms with E-state index in [9.17, 15) is 0 Å². The normalized spacial score (nSPS) is 21.1. The fourth-order valence-electron chi connectivity index (χ4n) is 2.43. The third-order valence-electron chi connectivity index (χ3n) is 3.34. The fraction of sp³-hybridized carbons (Fsp3) is 0.600. The molecule has 1 saturated heterocycles. The van der Waals surface area contributed by atoms with Crippen LogP contribution in [0.3, 0.4) is 0 Å². The van der Waals surface area contributed by atoms with Gasteiger partial charge in [0.15, 0.2) is 0 Å². The molecule has 2 rings (SSSR count). The SMILES string of the molecule is CCCOC1CCCN(Cc2ccc(I)cc2)C1. The smallest absolute Gasteiger partial charge is 0.0702 e. The third kappa shape index (κ3) is 4.52. The highest BCUT2D eigenvalue weighted by molar-refractivity contribution is 14.1. The summed E-state index contributed by atoms with van der Waals surface area (Å²) in [6.45, 7) is 6.43. The van der Waals surface area contributed by atoms with Crippen LogP contribution in [-0.4, -0.2) is 30.7 Å². The molecule has 1 aromatic rings. The molecule has 3 heteroatoms. The van der Waals surface area contributed by atoms with Crippen molar-refractivity contribution in [3.8, 4) is 0 Å². The molecular weight excluding hydrogens is 337 g/mol. The van der Waals surface area contributed by atoms with Gasteiger partial charge in [0.25, 0.3) is 0 Å². The highest BCUT2D eigenvalue weighted by Gasteiger charge is 2.19. The molecule has 0 N–H and O–H groups in total. The van der Waals surface area contributed by atoms with E-state index in [1.807, 2.05) is 0 Å². The van der Waals surface area contributed by atoms with Crippen molar-refractivity contribution in [2.45, 2.75) is 38.8 Å². The highest BCUT2D eigenvalue weighted by Crippen LogP contribution is 2.17. The second-order valence-corrected chi connectivity index (χ2v) is 6.24. The van der Waals surface area contributed by atoms with Gasteiger partial charge in [-0.05, 0) is 66.1 Å². The first-order valence-electron chi connectivity index (χ1n) is 6.86. The maximum absolute atomic E-state index is 5.88. The van der Waals surface area contributed by atoms with Crippen LogP contribution < -0.4 is 0 Å². The lowest BCUT2D eigenvalue weighted by molar-refractivity contribution is -0.00222. The van der Waals surface area contributed by atoms with Gasteiger partial charge in [-0.2, -0.15) is 0 Å². The first-order chi connectivity index (χ1) is 8.78. The Labute approximate surface area is 124 Å². The van der Waals surface area contributed by atoms with Crippen molar-refractivity contribution in [3.05, 3.63) is 33.4 Å². The van der Waals surface area contributed by atoms with Crippen molar-refractivity contribution in [2.75, 3.05) is 19.7 Å². The quantitative estimate of drug-likeness (QED) is 0.744. The number of hydrogen-bond donors (Lipinski definition) is 0. The van der Waals surface area contributed by atoms with Gasteiger partial charge in [0, 0.05) is 23.3 Å². The van der Waals surface area contributed by atoms with Crippen LogP contribution in [-0.2, 0) is 11.3 Å². The Kier molecular flexibility index (Phi) is 5.92. The van der Waals surface area contributed by atoms with Gasteiger partial charge in [-0.1, -0.05) is 19.1 Å². The molecule has 0 aliphatic carbocycles. The zero-order valence-corrected chi connectivity index (χ0v) is 13.2. The summed E-state index contributed by atoms with van der Waals surface area (Å²) in [5.41, 5.74) is 1.41. The van der Waals surface area contributed by atoms with Gasteiger partial charge in [-0.25, -0.2) is 0 Å². The molecule has 1 atom stereocenters. The number of rotatable bonds is 5. The molecule has 0 radical (unpaired) electrons. The lowest BCUT2D eigenvalue weighted by atomic mass is 10.1. The molecule has 1 unspecified atom stereocenters. The molecule has 1 aromatic carbocycles. The van der Waals surface area contributed by atoms with Gasteiger partial charge in [0.1, 0.15) is 0 Å². The second kappa shape index (κ2) is 7.46. The van der Waals surface area contributed by atoms with Crippen molar-refractivity contribution in [1.29, 1.82) is 0 Å². The fourth-order valence-corrected chi connectivity index (χ4v) is 2.78. The first-order valence-corrected chi connectivity index (χ1v) is 7.94. The summed E-state index contributed by atoms with van der Waals surface area (Å²) < 4.78 is 7.18. The second-order valence-electron chi connectivity index (χ2n) is 5.00. The Balaban J connectivity index is 1.83. The van der Waals surface area contributed by atoms with E-state index < -0.39 is 0 Å². The zero-order valence-electron chi connectivity index (χ0n) is 11.1. The molecule has 1 aliphatic rings. The van der Waals surface area contributed by atoms with Gasteiger partial charge < -0.3 is 4.74 Å². The van der Waals surface area contributed by atoms with Crippen LogP contribution in [0, 0.1) is 3.57 Å². The van der Waals surface area contributed by atoms with E-state index in [0.29, 0.717) is 6.10 Å². The molecule has 1 fully saturated rings. The summed E-state index contributed by atoms with van der Waals surface area (Å²) in [6.07, 6.45) is 4.05. The summed E-state index contributed by atoms with van der Waals surface area (Å²) in [6, 6.07) is 8.84. The monoisotopic (exact) mass is 359 g/mol. The van der Waals surface area contributed by atoms with E-state index in [1.54, 1.807) is 0 Å². The maximum atomic E-state index is 5.88. The number of piperidine rings is 1. The molecular formula is C15H22INO. The van der Waals surface area contributed by atoms with Gasteiger partial charge in [-0.3, -0.25) is 4.90 Å². The number of benzene rings is 1. The van der Waals surface area contributed by atoms with E-state index >= 15 is 0 Å². The lowest BCUT2D eigenvalue weighted by Gasteiger charge is -2.32. The molecule has 0 amide bonds. The molecule has 0 saturated carbocycles. The topological polar surface area (TPSA) is 12.5 Å². The average Bonchev–Trinajstić information content (AvgIpc) is 2.40. The summed E-state index contributed by atoms with van der Waals surface area (Å²) in [5, 5.41) is 0. The highest BCUT2D eigenvalue weighted by atomic mass is 127. The Bertz CT molecular complexity index is 352. The van der Waals surface area contributed by atoms with E-state index in [0.717, 1.165) is 26.1 Å². The van der Waals surface area contributed by atoms with Crippen LogP contribution in [0.4, 0.5) is 0 Å². The molecule has 100 valence electrons. The molecule has 0 spiro atoms. The van der Waals surface area contributed by atoms with Crippen molar-refractivity contribution in [1.82, 2.24) is 4.90 Å². The molecule has 1 heterocycles. The van der Waals surface area contributed by atoms with Crippen molar-refractivity contribution in [3.63, 3.8) is 0 Å². The Morgan fingerprint density at radius 2 is 2.11 bits per heavy atom. The maximum Gasteiger partial charge on any atom is 0.0702 e. The van der Waals surface area contributed by atoms with Crippen LogP contribution in [0.1, 0.15) is 31.7 Å². The van der Waals surface area contributed by atoms with Crippen LogP contribution in [0.15, 0.2) is 24.3 Å². The lowest BCUT2D eigenvalue weighted by Crippen LogP contribution is -2.39. The van der Waals surface area contributed by atoms with Crippen LogP contribution in [0.25, 0.3) is 0 Å². The van der Waals surface area contributed by atoms with Gasteiger partial charge in [0.05, 0.1) is 6.10 Å². The van der Waals surface area contributed by atoms with Gasteiger partial charge in [0.2, 0.25) is 0 Å². The molecule has 1 aliphatic heterocycles. The predicted molar refractivity (Wildman–Crippen MR) is 83.7 cm³/mol. The summed E-state index contributed by atoms with van der Waals surface area (Å²) in [5.74, 6) is 0. The van der Waals surface area contributed by atoms with Crippen LogP contribution >= 0.6 is 22.6 Å². The minimum atomic E-state index is 0.447. The number of nitrogens with zero attached hydrogens (tertiary/aromatic N) is 1. The summed E-state index contributed by atoms with van der Waals surface area (Å²) >= 11 is 2.35. The van der Waals surface area contributed by atoms with Crippen LogP contribution in [0.5, 0.6) is 0 Å². The average molecular weight is 359 g/mol. The minimum absolute atomic E-state index is 0.447. The van der Waals surface area contributed by atoms with E-state index in [2.05, 4.69) is 58.7 Å². The molecule has 18 heavy (non-hydrogen) atoms. The van der Waals surface area contributed by atoms with E-state index in [1.165, 1.54) is 28.5 Å². The summed E-state index contributed by atoms with van der Waals surface area (Å²) in [4.78, 5) is 2.52. The largest absolute Gasteiger partial charge is 0.377 e. The standard InChI is InChI=1S/C15H22INO/c1-2-10-18-15-4-3-9-17(12-15)11-13-5-7-14(16)8-6-13/h5-8,15H,2-4,9-12H2,1H3. The van der Waals surface area contributed by atoms with Gasteiger partial charge in [-0.15, -0.1) is 0 Å². The zero-order chi connectivity index (χ0) is 12.8. The van der Waals surface area contributed by atoms with Gasteiger partial charge >= 0.3 is 0 Å². The minimum Gasteiger partial charge on any atom is -0.377 e. The number of halogens is 1. The number of ether oxygens (including phenoxy) is 1. The van der Waals surface area contributed by atoms with E-state index in [4.69, 9.17) is 4.74 Å². The number of hydrogen-bond acceptors (Lipinski definition) is 2. The van der Waals surface area contributed by atoms with Crippen molar-refractivity contribution in [2.24, 2.45) is 0 Å². The molecule has 0 bridgehead atoms. The van der Waals surface area contributed by atoms with Crippen molar-refractivity contribution < 1.29 is 4.74 Å². The Morgan fingerprint density at radius 1 is 1.33 bits per heavy atom. The third-order valence-corrected chi connectivity index (χ3v) is 4.06. The molecule has 0 aromatic heterocycles. The number of likely N-dealkylation sites (tertiary alicyclic amines) is 1. The molecule has 2 nitrogen and oxygen atoms in total. The Hall–Kier alpha value is -0.130. The van der Waals surface area contributed by atoms with Crippen molar-refractivity contribution >= 4 is 22.6 Å².